The topological polar surface area (TPSA) is 76.3 Å². The van der Waals surface area contributed by atoms with E-state index >= 15 is 0 Å². The van der Waals surface area contributed by atoms with Gasteiger partial charge in [0.05, 0.1) is 10.5 Å². The predicted octanol–water partition coefficient (Wildman–Crippen LogP) is 4.13. The van der Waals surface area contributed by atoms with E-state index in [1.807, 2.05) is 31.2 Å². The quantitative estimate of drug-likeness (QED) is 0.661. The maximum Gasteiger partial charge on any atom is 0.259 e. The van der Waals surface area contributed by atoms with Crippen LogP contribution in [0.15, 0.2) is 57.9 Å². The Morgan fingerprint density at radius 3 is 2.43 bits per heavy atom. The fraction of sp³-hybridized carbons (Fsp3) is 0.333. The molecule has 1 aliphatic rings. The molecule has 0 spiro atoms. The van der Waals surface area contributed by atoms with E-state index < -0.39 is 10.0 Å². The van der Waals surface area contributed by atoms with Crippen molar-refractivity contribution in [3.05, 3.63) is 54.1 Å². The second-order valence-electron chi connectivity index (χ2n) is 7.37. The van der Waals surface area contributed by atoms with Crippen molar-refractivity contribution in [1.82, 2.24) is 14.4 Å². The average molecular weight is 398 g/mol. The van der Waals surface area contributed by atoms with Crippen LogP contribution in [0.5, 0.6) is 0 Å². The second kappa shape index (κ2) is 7.48. The zero-order valence-corrected chi connectivity index (χ0v) is 16.8. The van der Waals surface area contributed by atoms with E-state index in [0.29, 0.717) is 30.4 Å². The van der Waals surface area contributed by atoms with Crippen molar-refractivity contribution in [1.29, 1.82) is 0 Å². The molecule has 1 aliphatic heterocycles. The number of nitrogens with zero attached hydrogens (tertiary/aromatic N) is 3. The van der Waals surface area contributed by atoms with Crippen molar-refractivity contribution in [2.45, 2.75) is 31.6 Å². The van der Waals surface area contributed by atoms with Crippen LogP contribution in [-0.2, 0) is 10.0 Å². The smallest absolute Gasteiger partial charge is 0.259 e. The van der Waals surface area contributed by atoms with Gasteiger partial charge in [-0.15, -0.1) is 0 Å². The molecule has 1 fully saturated rings. The molecule has 3 aromatic rings. The number of rotatable bonds is 4. The lowest BCUT2D eigenvalue weighted by atomic mass is 10.0. The molecule has 28 heavy (non-hydrogen) atoms. The highest BCUT2D eigenvalue weighted by molar-refractivity contribution is 7.89. The van der Waals surface area contributed by atoms with E-state index in [1.54, 1.807) is 28.6 Å². The normalized spacial score (nSPS) is 16.4. The number of sulfonamides is 1. The summed E-state index contributed by atoms with van der Waals surface area (Å²) >= 11 is 0. The van der Waals surface area contributed by atoms with Gasteiger partial charge in [0, 0.05) is 18.7 Å². The number of hydrogen-bond donors (Lipinski definition) is 0. The molecule has 0 radical (unpaired) electrons. The van der Waals surface area contributed by atoms with Gasteiger partial charge in [-0.1, -0.05) is 54.0 Å². The minimum atomic E-state index is -3.62. The molecule has 4 rings (SSSR count). The number of hydrogen-bond acceptors (Lipinski definition) is 5. The zero-order chi connectivity index (χ0) is 19.7. The van der Waals surface area contributed by atoms with Crippen molar-refractivity contribution in [2.75, 3.05) is 13.1 Å². The third-order valence-corrected chi connectivity index (χ3v) is 7.17. The van der Waals surface area contributed by atoms with Crippen molar-refractivity contribution in [2.24, 2.45) is 5.92 Å². The van der Waals surface area contributed by atoms with Gasteiger partial charge >= 0.3 is 0 Å². The summed E-state index contributed by atoms with van der Waals surface area (Å²) in [5.41, 5.74) is 2.40. The first-order chi connectivity index (χ1) is 13.4. The summed E-state index contributed by atoms with van der Waals surface area (Å²) in [5, 5.41) is 4.04. The van der Waals surface area contributed by atoms with E-state index in [1.165, 1.54) is 0 Å². The summed E-state index contributed by atoms with van der Waals surface area (Å²) < 4.78 is 33.5. The minimum Gasteiger partial charge on any atom is -0.334 e. The van der Waals surface area contributed by atoms with E-state index in [4.69, 9.17) is 4.52 Å². The Labute approximate surface area is 165 Å². The van der Waals surface area contributed by atoms with Gasteiger partial charge in [-0.2, -0.15) is 9.29 Å². The molecule has 0 aliphatic carbocycles. The number of piperidine rings is 1. The Morgan fingerprint density at radius 2 is 1.71 bits per heavy atom. The predicted molar refractivity (Wildman–Crippen MR) is 107 cm³/mol. The Kier molecular flexibility index (Phi) is 5.03. The summed E-state index contributed by atoms with van der Waals surface area (Å²) in [6.07, 6.45) is 1.75. The summed E-state index contributed by atoms with van der Waals surface area (Å²) in [6.45, 7) is 5.24. The zero-order valence-electron chi connectivity index (χ0n) is 16.0. The maximum absolute atomic E-state index is 13.2. The lowest BCUT2D eigenvalue weighted by Crippen LogP contribution is -2.38. The van der Waals surface area contributed by atoms with E-state index in [9.17, 15) is 8.42 Å². The summed E-state index contributed by atoms with van der Waals surface area (Å²) in [5.74, 6) is 1.20. The molecule has 0 N–H and O–H groups in total. The van der Waals surface area contributed by atoms with Crippen LogP contribution >= 0.6 is 0 Å². The van der Waals surface area contributed by atoms with Crippen molar-refractivity contribution < 1.29 is 12.9 Å². The van der Waals surface area contributed by atoms with Crippen LogP contribution < -0.4 is 0 Å². The monoisotopic (exact) mass is 397 g/mol. The molecule has 2 aromatic carbocycles. The van der Waals surface area contributed by atoms with Crippen molar-refractivity contribution in [3.63, 3.8) is 0 Å². The van der Waals surface area contributed by atoms with Gasteiger partial charge in [-0.3, -0.25) is 0 Å². The molecule has 0 atom stereocenters. The fourth-order valence-corrected chi connectivity index (χ4v) is 5.04. The first-order valence-corrected chi connectivity index (χ1v) is 10.9. The molecule has 0 unspecified atom stereocenters. The number of benzene rings is 2. The third kappa shape index (κ3) is 3.59. The van der Waals surface area contributed by atoms with E-state index in [2.05, 4.69) is 17.1 Å². The lowest BCUT2D eigenvalue weighted by molar-refractivity contribution is 0.288. The Balaban J connectivity index is 1.70. The van der Waals surface area contributed by atoms with Crippen molar-refractivity contribution >= 4 is 10.0 Å². The average Bonchev–Trinajstić information content (AvgIpc) is 3.19. The van der Waals surface area contributed by atoms with E-state index in [0.717, 1.165) is 24.0 Å². The molecule has 1 aromatic heterocycles. The molecule has 6 nitrogen and oxygen atoms in total. The highest BCUT2D eigenvalue weighted by Crippen LogP contribution is 2.31. The Morgan fingerprint density at radius 1 is 1.04 bits per heavy atom. The largest absolute Gasteiger partial charge is 0.334 e. The highest BCUT2D eigenvalue weighted by Gasteiger charge is 2.31. The van der Waals surface area contributed by atoms with Gasteiger partial charge in [-0.05, 0) is 37.8 Å². The third-order valence-electron chi connectivity index (χ3n) is 5.21. The van der Waals surface area contributed by atoms with Gasteiger partial charge in [-0.25, -0.2) is 8.42 Å². The van der Waals surface area contributed by atoms with Crippen LogP contribution in [0.2, 0.25) is 0 Å². The molecule has 0 amide bonds. The first-order valence-electron chi connectivity index (χ1n) is 9.45. The number of aromatic nitrogens is 2. The maximum atomic E-state index is 13.2. The van der Waals surface area contributed by atoms with Crippen LogP contribution in [0, 0.1) is 12.8 Å². The molecule has 7 heteroatoms. The van der Waals surface area contributed by atoms with Gasteiger partial charge < -0.3 is 4.52 Å². The lowest BCUT2D eigenvalue weighted by Gasteiger charge is -2.29. The second-order valence-corrected chi connectivity index (χ2v) is 9.28. The van der Waals surface area contributed by atoms with Gasteiger partial charge in [0.25, 0.3) is 5.89 Å². The van der Waals surface area contributed by atoms with Crippen LogP contribution in [0.3, 0.4) is 0 Å². The Bertz CT molecular complexity index is 1070. The highest BCUT2D eigenvalue weighted by atomic mass is 32.2. The summed E-state index contributed by atoms with van der Waals surface area (Å²) in [7, 11) is -3.62. The molecule has 0 bridgehead atoms. The first kappa shape index (κ1) is 18.8. The molecular weight excluding hydrogens is 374 g/mol. The standard InChI is InChI=1S/C21H23N3O3S/c1-15-7-9-17(10-8-15)20-22-21(27-23-20)18-5-3-4-6-19(18)28(25,26)24-13-11-16(2)12-14-24/h3-10,16H,11-14H2,1-2H3. The summed E-state index contributed by atoms with van der Waals surface area (Å²) in [6, 6.07) is 14.6. The van der Waals surface area contributed by atoms with Crippen LogP contribution in [0.4, 0.5) is 0 Å². The van der Waals surface area contributed by atoms with Crippen LogP contribution in [-0.4, -0.2) is 36.0 Å². The van der Waals surface area contributed by atoms with E-state index in [-0.39, 0.29) is 10.8 Å². The molecule has 146 valence electrons. The van der Waals surface area contributed by atoms with Gasteiger partial charge in [0.2, 0.25) is 15.8 Å². The minimum absolute atomic E-state index is 0.208. The number of aryl methyl sites for hydroxylation is 1. The van der Waals surface area contributed by atoms with Crippen LogP contribution in [0.25, 0.3) is 22.8 Å². The molecule has 1 saturated heterocycles. The van der Waals surface area contributed by atoms with Gasteiger partial charge in [0.1, 0.15) is 0 Å². The van der Waals surface area contributed by atoms with Crippen molar-refractivity contribution in [3.8, 4) is 22.8 Å². The van der Waals surface area contributed by atoms with Gasteiger partial charge in [0.15, 0.2) is 0 Å². The SMILES string of the molecule is Cc1ccc(-c2noc(-c3ccccc3S(=O)(=O)N3CCC(C)CC3)n2)cc1. The fourth-order valence-electron chi connectivity index (χ4n) is 3.39. The van der Waals surface area contributed by atoms with Crippen LogP contribution in [0.1, 0.15) is 25.3 Å². The molecule has 2 heterocycles. The summed E-state index contributed by atoms with van der Waals surface area (Å²) in [4.78, 5) is 4.66. The molecule has 0 saturated carbocycles. The Hall–Kier alpha value is -2.51. The molecular formula is C21H23N3O3S.